The van der Waals surface area contributed by atoms with Gasteiger partial charge in [-0.1, -0.05) is 19.3 Å². The summed E-state index contributed by atoms with van der Waals surface area (Å²) < 4.78 is 0. The fraction of sp³-hybridized carbons (Fsp3) is 0.857. The zero-order chi connectivity index (χ0) is 14.4. The maximum absolute atomic E-state index is 12.0. The fourth-order valence-electron chi connectivity index (χ4n) is 3.03. The molecule has 0 aromatic heterocycles. The quantitative estimate of drug-likeness (QED) is 0.698. The summed E-state index contributed by atoms with van der Waals surface area (Å²) in [6, 6.07) is -0.204. The van der Waals surface area contributed by atoms with Crippen LogP contribution in [0.25, 0.3) is 0 Å². The normalized spacial score (nSPS) is 31.1. The molecule has 5 nitrogen and oxygen atoms in total. The summed E-state index contributed by atoms with van der Waals surface area (Å²) in [5, 5.41) is 15.2. The van der Waals surface area contributed by atoms with Crippen LogP contribution in [0.1, 0.15) is 44.9 Å². The predicted molar refractivity (Wildman–Crippen MR) is 80.0 cm³/mol. The molecule has 1 aliphatic heterocycles. The largest absolute Gasteiger partial charge is 0.481 e. The highest BCUT2D eigenvalue weighted by Crippen LogP contribution is 2.24. The van der Waals surface area contributed by atoms with Gasteiger partial charge in [0.25, 0.3) is 0 Å². The second kappa shape index (κ2) is 7.76. The summed E-state index contributed by atoms with van der Waals surface area (Å²) >= 11 is 1.86. The van der Waals surface area contributed by atoms with Gasteiger partial charge in [0, 0.05) is 17.8 Å². The molecule has 2 fully saturated rings. The fourth-order valence-corrected chi connectivity index (χ4v) is 4.10. The molecule has 2 amide bonds. The Labute approximate surface area is 124 Å². The molecule has 2 aliphatic rings. The molecule has 2 rings (SSSR count). The van der Waals surface area contributed by atoms with Gasteiger partial charge in [-0.15, -0.1) is 0 Å². The number of nitrogens with one attached hydrogen (secondary N) is 2. The first-order valence-electron chi connectivity index (χ1n) is 7.54. The Morgan fingerprint density at radius 1 is 1.00 bits per heavy atom. The standard InChI is InChI=1S/C14H24N2O3S/c17-13(18)11-6-2-1-3-7-12(11)16-14(19)15-10-5-4-8-20-9-10/h10-12H,1-9H2,(H,17,18)(H2,15,16,19). The van der Waals surface area contributed by atoms with Crippen molar-refractivity contribution in [3.8, 4) is 0 Å². The van der Waals surface area contributed by atoms with Crippen molar-refractivity contribution in [3.63, 3.8) is 0 Å². The van der Waals surface area contributed by atoms with Gasteiger partial charge in [0.05, 0.1) is 5.92 Å². The van der Waals surface area contributed by atoms with Gasteiger partial charge >= 0.3 is 12.0 Å². The monoisotopic (exact) mass is 300 g/mol. The molecule has 114 valence electrons. The lowest BCUT2D eigenvalue weighted by Gasteiger charge is -2.26. The Morgan fingerprint density at radius 2 is 1.80 bits per heavy atom. The van der Waals surface area contributed by atoms with Crippen LogP contribution >= 0.6 is 11.8 Å². The van der Waals surface area contributed by atoms with Gasteiger partial charge in [-0.2, -0.15) is 11.8 Å². The van der Waals surface area contributed by atoms with Crippen LogP contribution in [0, 0.1) is 5.92 Å². The van der Waals surface area contributed by atoms with Crippen LogP contribution < -0.4 is 10.6 Å². The summed E-state index contributed by atoms with van der Waals surface area (Å²) in [6.07, 6.45) is 6.58. The highest BCUT2D eigenvalue weighted by atomic mass is 32.2. The van der Waals surface area contributed by atoms with Gasteiger partial charge in [0.2, 0.25) is 0 Å². The molecule has 3 atom stereocenters. The molecule has 0 bridgehead atoms. The lowest BCUT2D eigenvalue weighted by molar-refractivity contribution is -0.142. The topological polar surface area (TPSA) is 78.4 Å². The second-order valence-corrected chi connectivity index (χ2v) is 6.87. The Hall–Kier alpha value is -0.910. The van der Waals surface area contributed by atoms with E-state index >= 15 is 0 Å². The molecule has 6 heteroatoms. The Morgan fingerprint density at radius 3 is 2.50 bits per heavy atom. The molecule has 3 N–H and O–H groups in total. The Kier molecular flexibility index (Phi) is 6.01. The minimum absolute atomic E-state index is 0.198. The lowest BCUT2D eigenvalue weighted by atomic mass is 9.95. The van der Waals surface area contributed by atoms with E-state index in [0.717, 1.165) is 44.3 Å². The third-order valence-corrected chi connectivity index (χ3v) is 5.36. The van der Waals surface area contributed by atoms with E-state index in [-0.39, 0.29) is 18.1 Å². The van der Waals surface area contributed by atoms with Crippen LogP contribution in [0.5, 0.6) is 0 Å². The van der Waals surface area contributed by atoms with E-state index in [0.29, 0.717) is 6.42 Å². The summed E-state index contributed by atoms with van der Waals surface area (Å²) in [7, 11) is 0. The van der Waals surface area contributed by atoms with Gasteiger partial charge in [-0.05, 0) is 31.4 Å². The number of hydrogen-bond acceptors (Lipinski definition) is 3. The van der Waals surface area contributed by atoms with Gasteiger partial charge in [-0.3, -0.25) is 4.79 Å². The highest BCUT2D eigenvalue weighted by Gasteiger charge is 2.31. The third-order valence-electron chi connectivity index (χ3n) is 4.15. The first-order valence-corrected chi connectivity index (χ1v) is 8.70. The van der Waals surface area contributed by atoms with E-state index in [4.69, 9.17) is 0 Å². The molecule has 0 aromatic carbocycles. The van der Waals surface area contributed by atoms with Crippen molar-refractivity contribution in [1.29, 1.82) is 0 Å². The van der Waals surface area contributed by atoms with Crippen molar-refractivity contribution in [1.82, 2.24) is 10.6 Å². The van der Waals surface area contributed by atoms with E-state index in [2.05, 4.69) is 10.6 Å². The smallest absolute Gasteiger partial charge is 0.315 e. The summed E-state index contributed by atoms with van der Waals surface area (Å²) in [4.78, 5) is 23.3. The Bertz CT molecular complexity index is 345. The van der Waals surface area contributed by atoms with Crippen molar-refractivity contribution >= 4 is 23.8 Å². The zero-order valence-electron chi connectivity index (χ0n) is 11.8. The van der Waals surface area contributed by atoms with E-state index in [1.165, 1.54) is 5.75 Å². The van der Waals surface area contributed by atoms with Gasteiger partial charge in [0.1, 0.15) is 0 Å². The first kappa shape index (κ1) is 15.5. The number of thioether (sulfide) groups is 1. The summed E-state index contributed by atoms with van der Waals surface area (Å²) in [5.41, 5.74) is 0. The minimum Gasteiger partial charge on any atom is -0.481 e. The maximum Gasteiger partial charge on any atom is 0.315 e. The number of rotatable bonds is 3. The highest BCUT2D eigenvalue weighted by molar-refractivity contribution is 7.99. The molecule has 1 saturated heterocycles. The summed E-state index contributed by atoms with van der Waals surface area (Å²) in [6.45, 7) is 0. The van der Waals surface area contributed by atoms with E-state index in [1.807, 2.05) is 11.8 Å². The molecule has 3 unspecified atom stereocenters. The zero-order valence-corrected chi connectivity index (χ0v) is 12.6. The number of hydrogen-bond donors (Lipinski definition) is 3. The molecular weight excluding hydrogens is 276 g/mol. The average Bonchev–Trinajstić information content (AvgIpc) is 2.65. The average molecular weight is 300 g/mol. The number of amides is 2. The number of carbonyl (C=O) groups is 2. The van der Waals surface area contributed by atoms with Gasteiger partial charge in [-0.25, -0.2) is 4.79 Å². The maximum atomic E-state index is 12.0. The van der Waals surface area contributed by atoms with Crippen molar-refractivity contribution in [2.75, 3.05) is 11.5 Å². The number of carboxylic acids is 1. The number of carboxylic acid groups (broad SMARTS) is 1. The number of aliphatic carboxylic acids is 1. The van der Waals surface area contributed by atoms with Gasteiger partial charge < -0.3 is 15.7 Å². The molecule has 0 radical (unpaired) electrons. The van der Waals surface area contributed by atoms with Crippen molar-refractivity contribution < 1.29 is 14.7 Å². The SMILES string of the molecule is O=C(NC1CCCSC1)NC1CCCCCC1C(=O)O. The molecule has 1 heterocycles. The van der Waals surface area contributed by atoms with E-state index in [1.54, 1.807) is 0 Å². The molecule has 0 aromatic rings. The molecule has 1 saturated carbocycles. The minimum atomic E-state index is -0.787. The molecule has 20 heavy (non-hydrogen) atoms. The van der Waals surface area contributed by atoms with E-state index in [9.17, 15) is 14.7 Å². The molecule has 1 aliphatic carbocycles. The van der Waals surface area contributed by atoms with Crippen LogP contribution in [0.15, 0.2) is 0 Å². The predicted octanol–water partition coefficient (Wildman–Crippen LogP) is 2.21. The van der Waals surface area contributed by atoms with E-state index < -0.39 is 11.9 Å². The van der Waals surface area contributed by atoms with Crippen LogP contribution in [0.2, 0.25) is 0 Å². The van der Waals surface area contributed by atoms with Crippen LogP contribution in [0.4, 0.5) is 4.79 Å². The first-order chi connectivity index (χ1) is 9.66. The van der Waals surface area contributed by atoms with Crippen LogP contribution in [-0.2, 0) is 4.79 Å². The van der Waals surface area contributed by atoms with Crippen molar-refractivity contribution in [2.24, 2.45) is 5.92 Å². The Balaban J connectivity index is 1.85. The lowest BCUT2D eigenvalue weighted by Crippen LogP contribution is -2.50. The summed E-state index contributed by atoms with van der Waals surface area (Å²) in [5.74, 6) is 0.902. The molecule has 0 spiro atoms. The van der Waals surface area contributed by atoms with Crippen molar-refractivity contribution in [2.45, 2.75) is 57.0 Å². The number of carbonyl (C=O) groups excluding carboxylic acids is 1. The molecular formula is C14H24N2O3S. The number of urea groups is 1. The third kappa shape index (κ3) is 4.58. The van der Waals surface area contributed by atoms with Crippen LogP contribution in [-0.4, -0.2) is 40.7 Å². The van der Waals surface area contributed by atoms with Crippen LogP contribution in [0.3, 0.4) is 0 Å². The second-order valence-electron chi connectivity index (χ2n) is 5.72. The van der Waals surface area contributed by atoms with Crippen molar-refractivity contribution in [3.05, 3.63) is 0 Å². The van der Waals surface area contributed by atoms with Gasteiger partial charge in [0.15, 0.2) is 0 Å².